The number of pyridine rings is 1. The molecule has 0 saturated heterocycles. The molecular formula is C15H15BrN2O3. The van der Waals surface area contributed by atoms with E-state index in [1.165, 1.54) is 7.11 Å². The zero-order valence-electron chi connectivity index (χ0n) is 11.7. The Morgan fingerprint density at radius 3 is 2.76 bits per heavy atom. The van der Waals surface area contributed by atoms with E-state index in [1.54, 1.807) is 48.5 Å². The second-order valence-electron chi connectivity index (χ2n) is 4.53. The summed E-state index contributed by atoms with van der Waals surface area (Å²) in [5, 5.41) is 9.56. The summed E-state index contributed by atoms with van der Waals surface area (Å²) in [7, 11) is 3.19. The van der Waals surface area contributed by atoms with E-state index in [2.05, 4.69) is 20.9 Å². The number of aromatic nitrogens is 1. The van der Waals surface area contributed by atoms with Gasteiger partial charge in [-0.1, -0.05) is 6.07 Å². The second kappa shape index (κ2) is 6.58. The smallest absolute Gasteiger partial charge is 0.272 e. The fourth-order valence-corrected chi connectivity index (χ4v) is 2.10. The van der Waals surface area contributed by atoms with Gasteiger partial charge in [0.1, 0.15) is 5.69 Å². The number of carbonyl (C=O) groups is 1. The van der Waals surface area contributed by atoms with Gasteiger partial charge < -0.3 is 14.7 Å². The van der Waals surface area contributed by atoms with Crippen molar-refractivity contribution in [3.63, 3.8) is 0 Å². The Kier molecular flexibility index (Phi) is 4.80. The van der Waals surface area contributed by atoms with Crippen LogP contribution in [0.5, 0.6) is 11.5 Å². The van der Waals surface area contributed by atoms with Gasteiger partial charge in [-0.3, -0.25) is 4.79 Å². The third kappa shape index (κ3) is 3.72. The molecule has 0 unspecified atom stereocenters. The number of rotatable bonds is 4. The van der Waals surface area contributed by atoms with Crippen molar-refractivity contribution in [2.24, 2.45) is 0 Å². The number of ether oxygens (including phenoxy) is 1. The average Bonchev–Trinajstić information content (AvgIpc) is 2.49. The molecule has 110 valence electrons. The van der Waals surface area contributed by atoms with Gasteiger partial charge in [-0.2, -0.15) is 0 Å². The average molecular weight is 351 g/mol. The first-order chi connectivity index (χ1) is 10.0. The third-order valence-corrected chi connectivity index (χ3v) is 3.43. The van der Waals surface area contributed by atoms with Gasteiger partial charge in [-0.25, -0.2) is 4.98 Å². The summed E-state index contributed by atoms with van der Waals surface area (Å²) in [6, 6.07) is 8.44. The molecule has 0 spiro atoms. The van der Waals surface area contributed by atoms with Crippen molar-refractivity contribution in [1.29, 1.82) is 0 Å². The van der Waals surface area contributed by atoms with Crippen molar-refractivity contribution in [1.82, 2.24) is 9.88 Å². The predicted molar refractivity (Wildman–Crippen MR) is 82.4 cm³/mol. The summed E-state index contributed by atoms with van der Waals surface area (Å²) in [5.41, 5.74) is 1.24. The molecule has 0 fully saturated rings. The number of aromatic hydroxyl groups is 1. The second-order valence-corrected chi connectivity index (χ2v) is 5.44. The monoisotopic (exact) mass is 350 g/mol. The first kappa shape index (κ1) is 15.3. The molecule has 0 atom stereocenters. The van der Waals surface area contributed by atoms with E-state index in [1.807, 2.05) is 0 Å². The number of carbonyl (C=O) groups excluding carboxylic acids is 1. The highest BCUT2D eigenvalue weighted by Gasteiger charge is 2.14. The molecule has 0 aliphatic rings. The van der Waals surface area contributed by atoms with Crippen molar-refractivity contribution >= 4 is 21.8 Å². The van der Waals surface area contributed by atoms with E-state index in [0.29, 0.717) is 18.0 Å². The maximum absolute atomic E-state index is 12.2. The summed E-state index contributed by atoms with van der Waals surface area (Å²) in [5.74, 6) is 0.287. The molecule has 0 bridgehead atoms. The minimum absolute atomic E-state index is 0.0739. The number of phenolic OH excluding ortho intramolecular Hbond substituents is 1. The van der Waals surface area contributed by atoms with E-state index in [-0.39, 0.29) is 11.7 Å². The SMILES string of the molecule is COc1cc(CN(C)C(=O)c2ccc(Br)cn2)ccc1O. The van der Waals surface area contributed by atoms with Gasteiger partial charge in [-0.05, 0) is 45.8 Å². The first-order valence-electron chi connectivity index (χ1n) is 6.24. The van der Waals surface area contributed by atoms with Gasteiger partial charge >= 0.3 is 0 Å². The molecule has 1 heterocycles. The van der Waals surface area contributed by atoms with Gasteiger partial charge in [0, 0.05) is 24.3 Å². The molecule has 2 rings (SSSR count). The van der Waals surface area contributed by atoms with Gasteiger partial charge in [0.05, 0.1) is 7.11 Å². The number of phenols is 1. The van der Waals surface area contributed by atoms with Crippen LogP contribution in [-0.2, 0) is 6.54 Å². The number of hydrogen-bond acceptors (Lipinski definition) is 4. The molecular weight excluding hydrogens is 336 g/mol. The third-order valence-electron chi connectivity index (χ3n) is 2.96. The zero-order valence-corrected chi connectivity index (χ0v) is 13.3. The molecule has 1 N–H and O–H groups in total. The summed E-state index contributed by atoms with van der Waals surface area (Å²) in [6.45, 7) is 0.396. The number of hydrogen-bond donors (Lipinski definition) is 1. The fourth-order valence-electron chi connectivity index (χ4n) is 1.86. The minimum Gasteiger partial charge on any atom is -0.504 e. The molecule has 0 radical (unpaired) electrons. The van der Waals surface area contributed by atoms with Crippen molar-refractivity contribution < 1.29 is 14.6 Å². The van der Waals surface area contributed by atoms with E-state index >= 15 is 0 Å². The topological polar surface area (TPSA) is 62.7 Å². The lowest BCUT2D eigenvalue weighted by atomic mass is 10.2. The molecule has 5 nitrogen and oxygen atoms in total. The van der Waals surface area contributed by atoms with Gasteiger partial charge in [0.25, 0.3) is 5.91 Å². The van der Waals surface area contributed by atoms with Crippen LogP contribution in [0.1, 0.15) is 16.1 Å². The number of halogens is 1. The standard InChI is InChI=1S/C15H15BrN2O3/c1-18(15(20)12-5-4-11(16)8-17-12)9-10-3-6-13(19)14(7-10)21-2/h3-8,19H,9H2,1-2H3. The number of amides is 1. The summed E-state index contributed by atoms with van der Waals surface area (Å²) < 4.78 is 5.88. The largest absolute Gasteiger partial charge is 0.504 e. The van der Waals surface area contributed by atoms with Crippen LogP contribution in [0.3, 0.4) is 0 Å². The van der Waals surface area contributed by atoms with Gasteiger partial charge in [0.2, 0.25) is 0 Å². The zero-order chi connectivity index (χ0) is 15.4. The Bertz CT molecular complexity index is 644. The Morgan fingerprint density at radius 2 is 2.14 bits per heavy atom. The Hall–Kier alpha value is -2.08. The molecule has 0 saturated carbocycles. The highest BCUT2D eigenvalue weighted by Crippen LogP contribution is 2.26. The van der Waals surface area contributed by atoms with E-state index < -0.39 is 0 Å². The van der Waals surface area contributed by atoms with E-state index in [9.17, 15) is 9.90 Å². The first-order valence-corrected chi connectivity index (χ1v) is 7.03. The Balaban J connectivity index is 2.12. The maximum Gasteiger partial charge on any atom is 0.272 e. The van der Waals surface area contributed by atoms with Crippen LogP contribution < -0.4 is 4.74 Å². The number of nitrogens with zero attached hydrogens (tertiary/aromatic N) is 2. The Morgan fingerprint density at radius 1 is 1.38 bits per heavy atom. The van der Waals surface area contributed by atoms with Gasteiger partial charge in [-0.15, -0.1) is 0 Å². The maximum atomic E-state index is 12.2. The highest BCUT2D eigenvalue weighted by atomic mass is 79.9. The quantitative estimate of drug-likeness (QED) is 0.920. The van der Waals surface area contributed by atoms with E-state index in [0.717, 1.165) is 10.0 Å². The van der Waals surface area contributed by atoms with Gasteiger partial charge in [0.15, 0.2) is 11.5 Å². The van der Waals surface area contributed by atoms with Crippen LogP contribution in [0.15, 0.2) is 41.0 Å². The summed E-state index contributed by atoms with van der Waals surface area (Å²) in [4.78, 5) is 17.9. The lowest BCUT2D eigenvalue weighted by Gasteiger charge is -2.17. The van der Waals surface area contributed by atoms with Crippen LogP contribution in [0, 0.1) is 0 Å². The molecule has 0 aliphatic heterocycles. The molecule has 21 heavy (non-hydrogen) atoms. The predicted octanol–water partition coefficient (Wildman–Crippen LogP) is 2.83. The van der Waals surface area contributed by atoms with Crippen LogP contribution in [0.25, 0.3) is 0 Å². The van der Waals surface area contributed by atoms with Crippen LogP contribution in [0.4, 0.5) is 0 Å². The molecule has 1 aromatic carbocycles. The highest BCUT2D eigenvalue weighted by molar-refractivity contribution is 9.10. The molecule has 1 amide bonds. The fraction of sp³-hybridized carbons (Fsp3) is 0.200. The summed E-state index contributed by atoms with van der Waals surface area (Å²) in [6.07, 6.45) is 1.59. The molecule has 6 heteroatoms. The minimum atomic E-state index is -0.172. The normalized spacial score (nSPS) is 10.2. The van der Waals surface area contributed by atoms with E-state index in [4.69, 9.17) is 4.74 Å². The molecule has 2 aromatic rings. The van der Waals surface area contributed by atoms with Crippen LogP contribution in [-0.4, -0.2) is 35.1 Å². The lowest BCUT2D eigenvalue weighted by molar-refractivity contribution is 0.0779. The van der Waals surface area contributed by atoms with Crippen molar-refractivity contribution in [2.45, 2.75) is 6.54 Å². The lowest BCUT2D eigenvalue weighted by Crippen LogP contribution is -2.26. The van der Waals surface area contributed by atoms with Crippen molar-refractivity contribution in [3.8, 4) is 11.5 Å². The van der Waals surface area contributed by atoms with Crippen molar-refractivity contribution in [3.05, 3.63) is 52.3 Å². The number of methoxy groups -OCH3 is 1. The number of benzene rings is 1. The van der Waals surface area contributed by atoms with Crippen LogP contribution >= 0.6 is 15.9 Å². The van der Waals surface area contributed by atoms with Crippen LogP contribution in [0.2, 0.25) is 0 Å². The summed E-state index contributed by atoms with van der Waals surface area (Å²) >= 11 is 3.28. The molecule has 1 aromatic heterocycles. The Labute approximate surface area is 131 Å². The van der Waals surface area contributed by atoms with Crippen molar-refractivity contribution in [2.75, 3.05) is 14.2 Å². The molecule has 0 aliphatic carbocycles.